The van der Waals surface area contributed by atoms with E-state index in [0.717, 1.165) is 0 Å². The summed E-state index contributed by atoms with van der Waals surface area (Å²) in [5.74, 6) is -0.129. The van der Waals surface area contributed by atoms with Gasteiger partial charge in [-0.2, -0.15) is 0 Å². The van der Waals surface area contributed by atoms with E-state index in [0.29, 0.717) is 0 Å². The lowest BCUT2D eigenvalue weighted by molar-refractivity contribution is 0.191. The molecule has 0 aliphatic rings. The maximum Gasteiger partial charge on any atom is 0.181 e. The summed E-state index contributed by atoms with van der Waals surface area (Å²) in [6.07, 6.45) is 2.19. The van der Waals surface area contributed by atoms with E-state index in [1.54, 1.807) is 6.92 Å². The summed E-state index contributed by atoms with van der Waals surface area (Å²) < 4.78 is 23.4. The molecule has 6 heteroatoms. The lowest BCUT2D eigenvalue weighted by atomic mass is 10.3. The zero-order chi connectivity index (χ0) is 11.5. The van der Waals surface area contributed by atoms with Crippen molar-refractivity contribution in [2.45, 2.75) is 24.3 Å². The van der Waals surface area contributed by atoms with Crippen LogP contribution in [0.2, 0.25) is 5.02 Å². The summed E-state index contributed by atoms with van der Waals surface area (Å²) in [6, 6.07) is 1.43. The molecule has 4 nitrogen and oxygen atoms in total. The molecule has 1 aromatic rings. The number of rotatable bonds is 4. The van der Waals surface area contributed by atoms with E-state index in [1.807, 2.05) is 0 Å². The quantitative estimate of drug-likeness (QED) is 0.873. The minimum Gasteiger partial charge on any atom is -0.393 e. The zero-order valence-corrected chi connectivity index (χ0v) is 9.79. The van der Waals surface area contributed by atoms with Gasteiger partial charge in [0.15, 0.2) is 9.84 Å². The maximum atomic E-state index is 11.7. The van der Waals surface area contributed by atoms with Crippen LogP contribution in [0.1, 0.15) is 13.3 Å². The van der Waals surface area contributed by atoms with Gasteiger partial charge in [-0.1, -0.05) is 11.6 Å². The Morgan fingerprint density at radius 3 is 2.80 bits per heavy atom. The molecular formula is C9H12ClNO3S. The summed E-state index contributed by atoms with van der Waals surface area (Å²) in [5.41, 5.74) is 0. The molecule has 0 aliphatic carbocycles. The summed E-state index contributed by atoms with van der Waals surface area (Å²) in [5, 5.41) is 9.18. The van der Waals surface area contributed by atoms with E-state index < -0.39 is 15.9 Å². The zero-order valence-electron chi connectivity index (χ0n) is 8.22. The molecule has 0 fully saturated rings. The highest BCUT2D eigenvalue weighted by Gasteiger charge is 2.18. The minimum atomic E-state index is -3.44. The first-order chi connectivity index (χ1) is 6.93. The molecule has 0 bridgehead atoms. The molecule has 0 aromatic carbocycles. The van der Waals surface area contributed by atoms with Gasteiger partial charge in [-0.25, -0.2) is 8.42 Å². The molecular weight excluding hydrogens is 238 g/mol. The Bertz CT molecular complexity index is 431. The monoisotopic (exact) mass is 249 g/mol. The minimum absolute atomic E-state index is 0.0207. The number of sulfone groups is 1. The van der Waals surface area contributed by atoms with Crippen molar-refractivity contribution in [3.05, 3.63) is 23.5 Å². The highest BCUT2D eigenvalue weighted by molar-refractivity contribution is 7.91. The van der Waals surface area contributed by atoms with Crippen LogP contribution in [0.15, 0.2) is 23.4 Å². The molecule has 15 heavy (non-hydrogen) atoms. The maximum absolute atomic E-state index is 11.7. The molecule has 0 amide bonds. The molecule has 1 atom stereocenters. The average Bonchev–Trinajstić information content (AvgIpc) is 2.15. The Balaban J connectivity index is 2.92. The van der Waals surface area contributed by atoms with Crippen LogP contribution in [0.4, 0.5) is 0 Å². The van der Waals surface area contributed by atoms with Crippen LogP contribution < -0.4 is 0 Å². The number of aromatic nitrogens is 1. The van der Waals surface area contributed by atoms with Crippen LogP contribution in [0.25, 0.3) is 0 Å². The number of aliphatic hydroxyl groups excluding tert-OH is 1. The predicted octanol–water partition coefficient (Wildman–Crippen LogP) is 1.28. The Kier molecular flexibility index (Phi) is 4.07. The smallest absolute Gasteiger partial charge is 0.181 e. The van der Waals surface area contributed by atoms with Crippen LogP contribution >= 0.6 is 11.6 Å². The van der Waals surface area contributed by atoms with Gasteiger partial charge in [0, 0.05) is 12.4 Å². The third-order valence-electron chi connectivity index (χ3n) is 1.87. The third kappa shape index (κ3) is 3.44. The summed E-state index contributed by atoms with van der Waals surface area (Å²) in [4.78, 5) is 3.73. The predicted molar refractivity (Wildman–Crippen MR) is 57.6 cm³/mol. The number of hydrogen-bond donors (Lipinski definition) is 1. The Labute approximate surface area is 93.8 Å². The van der Waals surface area contributed by atoms with Gasteiger partial charge in [0.2, 0.25) is 0 Å². The van der Waals surface area contributed by atoms with Crippen molar-refractivity contribution < 1.29 is 13.5 Å². The van der Waals surface area contributed by atoms with Crippen LogP contribution in [0.3, 0.4) is 0 Å². The second-order valence-corrected chi connectivity index (χ2v) is 5.75. The molecule has 0 aliphatic heterocycles. The van der Waals surface area contributed by atoms with E-state index in [-0.39, 0.29) is 22.1 Å². The molecule has 0 unspecified atom stereocenters. The number of pyridine rings is 1. The second kappa shape index (κ2) is 4.92. The Hall–Kier alpha value is -0.650. The fourth-order valence-corrected chi connectivity index (χ4v) is 2.94. The van der Waals surface area contributed by atoms with Crippen molar-refractivity contribution in [3.63, 3.8) is 0 Å². The van der Waals surface area contributed by atoms with Crippen molar-refractivity contribution in [3.8, 4) is 0 Å². The first-order valence-corrected chi connectivity index (χ1v) is 6.47. The molecule has 84 valence electrons. The molecule has 1 aromatic heterocycles. The van der Waals surface area contributed by atoms with Crippen LogP contribution in [0, 0.1) is 0 Å². The average molecular weight is 250 g/mol. The van der Waals surface area contributed by atoms with Crippen molar-refractivity contribution >= 4 is 21.4 Å². The third-order valence-corrected chi connectivity index (χ3v) is 4.08. The second-order valence-electron chi connectivity index (χ2n) is 3.26. The fourth-order valence-electron chi connectivity index (χ4n) is 1.03. The number of aliphatic hydroxyl groups is 1. The van der Waals surface area contributed by atoms with Gasteiger partial charge in [0.1, 0.15) is 4.90 Å². The van der Waals surface area contributed by atoms with Crippen molar-refractivity contribution in [2.75, 3.05) is 5.75 Å². The highest BCUT2D eigenvalue weighted by Crippen LogP contribution is 2.21. The van der Waals surface area contributed by atoms with E-state index >= 15 is 0 Å². The molecule has 1 rings (SSSR count). The molecule has 0 spiro atoms. The summed E-state index contributed by atoms with van der Waals surface area (Å²) in [7, 11) is -3.44. The molecule has 1 heterocycles. The lowest BCUT2D eigenvalue weighted by Gasteiger charge is -2.06. The van der Waals surface area contributed by atoms with Gasteiger partial charge in [-0.15, -0.1) is 0 Å². The first-order valence-electron chi connectivity index (χ1n) is 4.44. The Morgan fingerprint density at radius 2 is 2.27 bits per heavy atom. The SMILES string of the molecule is C[C@@H](O)CCS(=O)(=O)c1cnccc1Cl. The van der Waals surface area contributed by atoms with Crippen molar-refractivity contribution in [2.24, 2.45) is 0 Å². The summed E-state index contributed by atoms with van der Waals surface area (Å²) in [6.45, 7) is 1.54. The van der Waals surface area contributed by atoms with Gasteiger partial charge in [-0.05, 0) is 19.4 Å². The topological polar surface area (TPSA) is 67.3 Å². The van der Waals surface area contributed by atoms with Gasteiger partial charge in [0.05, 0.1) is 16.9 Å². The molecule has 0 radical (unpaired) electrons. The molecule has 1 N–H and O–H groups in total. The molecule has 0 saturated heterocycles. The van der Waals surface area contributed by atoms with Crippen LogP contribution in [0.5, 0.6) is 0 Å². The fraction of sp³-hybridized carbons (Fsp3) is 0.444. The standard InChI is InChI=1S/C9H12ClNO3S/c1-7(12)3-5-15(13,14)9-6-11-4-2-8(9)10/h2,4,6-7,12H,3,5H2,1H3/t7-/m1/s1. The van der Waals surface area contributed by atoms with Gasteiger partial charge in [-0.3, -0.25) is 4.98 Å². The first kappa shape index (κ1) is 12.4. The van der Waals surface area contributed by atoms with E-state index in [1.165, 1.54) is 18.5 Å². The number of halogens is 1. The molecule has 0 saturated carbocycles. The number of hydrogen-bond acceptors (Lipinski definition) is 4. The number of nitrogens with zero attached hydrogens (tertiary/aromatic N) is 1. The van der Waals surface area contributed by atoms with E-state index in [2.05, 4.69) is 4.98 Å². The van der Waals surface area contributed by atoms with Gasteiger partial charge >= 0.3 is 0 Å². The lowest BCUT2D eigenvalue weighted by Crippen LogP contribution is -2.13. The van der Waals surface area contributed by atoms with Gasteiger partial charge in [0.25, 0.3) is 0 Å². The van der Waals surface area contributed by atoms with E-state index in [4.69, 9.17) is 16.7 Å². The van der Waals surface area contributed by atoms with Crippen molar-refractivity contribution in [1.29, 1.82) is 0 Å². The highest BCUT2D eigenvalue weighted by atomic mass is 35.5. The van der Waals surface area contributed by atoms with Crippen LogP contribution in [-0.4, -0.2) is 30.4 Å². The summed E-state index contributed by atoms with van der Waals surface area (Å²) >= 11 is 5.74. The van der Waals surface area contributed by atoms with Gasteiger partial charge < -0.3 is 5.11 Å². The van der Waals surface area contributed by atoms with Crippen LogP contribution in [-0.2, 0) is 9.84 Å². The largest absolute Gasteiger partial charge is 0.393 e. The normalized spacial score (nSPS) is 13.8. The Morgan fingerprint density at radius 1 is 1.60 bits per heavy atom. The van der Waals surface area contributed by atoms with Crippen molar-refractivity contribution in [1.82, 2.24) is 4.98 Å². The van der Waals surface area contributed by atoms with E-state index in [9.17, 15) is 8.42 Å².